The minimum Gasteiger partial charge on any atom is -0.340 e. The van der Waals surface area contributed by atoms with E-state index < -0.39 is 0 Å². The lowest BCUT2D eigenvalue weighted by Gasteiger charge is -2.03. The monoisotopic (exact) mass is 233 g/mol. The van der Waals surface area contributed by atoms with Crippen LogP contribution in [0.2, 0.25) is 5.02 Å². The number of nitrogens with one attached hydrogen (secondary N) is 1. The van der Waals surface area contributed by atoms with Crippen LogP contribution < -0.4 is 5.73 Å². The topological polar surface area (TPSA) is 54.7 Å². The van der Waals surface area contributed by atoms with E-state index in [1.807, 2.05) is 24.3 Å². The van der Waals surface area contributed by atoms with Crippen molar-refractivity contribution in [3.05, 3.63) is 41.3 Å². The first-order valence-corrected chi connectivity index (χ1v) is 5.66. The highest BCUT2D eigenvalue weighted by Crippen LogP contribution is 2.41. The number of hydrogen-bond acceptors (Lipinski definition) is 2. The molecule has 0 saturated heterocycles. The van der Waals surface area contributed by atoms with Crippen LogP contribution in [-0.2, 0) is 5.54 Å². The van der Waals surface area contributed by atoms with Crippen molar-refractivity contribution in [1.29, 1.82) is 0 Å². The summed E-state index contributed by atoms with van der Waals surface area (Å²) in [5.41, 5.74) is 7.74. The second-order valence-electron chi connectivity index (χ2n) is 4.28. The molecule has 1 heterocycles. The third kappa shape index (κ3) is 1.52. The highest BCUT2D eigenvalue weighted by Gasteiger charge is 2.42. The Balaban J connectivity index is 2.02. The van der Waals surface area contributed by atoms with Gasteiger partial charge in [0.15, 0.2) is 0 Å². The molecule has 1 aliphatic rings. The summed E-state index contributed by atoms with van der Waals surface area (Å²) in [5.74, 6) is 0.863. The number of aromatic amines is 1. The molecule has 1 aliphatic carbocycles. The molecule has 1 saturated carbocycles. The zero-order valence-electron chi connectivity index (χ0n) is 8.70. The van der Waals surface area contributed by atoms with Crippen LogP contribution in [0.5, 0.6) is 0 Å². The van der Waals surface area contributed by atoms with Crippen molar-refractivity contribution in [2.24, 2.45) is 5.73 Å². The van der Waals surface area contributed by atoms with Gasteiger partial charge in [0.2, 0.25) is 0 Å². The quantitative estimate of drug-likeness (QED) is 0.838. The molecule has 0 atom stereocenters. The van der Waals surface area contributed by atoms with Gasteiger partial charge in [-0.15, -0.1) is 0 Å². The lowest BCUT2D eigenvalue weighted by molar-refractivity contribution is 0.685. The highest BCUT2D eigenvalue weighted by molar-refractivity contribution is 6.33. The zero-order valence-corrected chi connectivity index (χ0v) is 9.46. The minimum atomic E-state index is -0.223. The van der Waals surface area contributed by atoms with Crippen molar-refractivity contribution >= 4 is 11.6 Å². The lowest BCUT2D eigenvalue weighted by Crippen LogP contribution is -2.20. The highest BCUT2D eigenvalue weighted by atomic mass is 35.5. The fourth-order valence-corrected chi connectivity index (χ4v) is 2.00. The van der Waals surface area contributed by atoms with Gasteiger partial charge < -0.3 is 10.7 Å². The number of hydrogen-bond donors (Lipinski definition) is 2. The SMILES string of the molecule is NC1(c2ncc(-c3ccccc3Cl)[nH]2)CC1. The number of H-pyrrole nitrogens is 1. The minimum absolute atomic E-state index is 0.223. The Morgan fingerprint density at radius 3 is 2.75 bits per heavy atom. The van der Waals surface area contributed by atoms with Crippen molar-refractivity contribution in [2.45, 2.75) is 18.4 Å². The van der Waals surface area contributed by atoms with Crippen molar-refractivity contribution in [1.82, 2.24) is 9.97 Å². The fourth-order valence-electron chi connectivity index (χ4n) is 1.76. The number of halogens is 1. The first-order chi connectivity index (χ1) is 7.69. The van der Waals surface area contributed by atoms with Gasteiger partial charge in [0, 0.05) is 10.6 Å². The third-order valence-corrected chi connectivity index (χ3v) is 3.33. The number of aromatic nitrogens is 2. The van der Waals surface area contributed by atoms with Crippen LogP contribution in [-0.4, -0.2) is 9.97 Å². The largest absolute Gasteiger partial charge is 0.340 e. The van der Waals surface area contributed by atoms with E-state index in [4.69, 9.17) is 17.3 Å². The molecule has 3 rings (SSSR count). The van der Waals surface area contributed by atoms with Gasteiger partial charge in [-0.1, -0.05) is 29.8 Å². The summed E-state index contributed by atoms with van der Waals surface area (Å²) in [6, 6.07) is 7.70. The first-order valence-electron chi connectivity index (χ1n) is 5.28. The van der Waals surface area contributed by atoms with Gasteiger partial charge in [0.1, 0.15) is 5.82 Å². The van der Waals surface area contributed by atoms with Crippen LogP contribution in [0.15, 0.2) is 30.5 Å². The lowest BCUT2D eigenvalue weighted by atomic mass is 10.2. The molecule has 0 spiro atoms. The predicted octanol–water partition coefficient (Wildman–Crippen LogP) is 2.68. The van der Waals surface area contributed by atoms with Gasteiger partial charge in [-0.3, -0.25) is 0 Å². The molecule has 3 N–H and O–H groups in total. The number of benzene rings is 1. The van der Waals surface area contributed by atoms with Crippen LogP contribution in [0.1, 0.15) is 18.7 Å². The maximum atomic E-state index is 6.12. The molecule has 2 aromatic rings. The molecule has 16 heavy (non-hydrogen) atoms. The summed E-state index contributed by atoms with van der Waals surface area (Å²) in [6.07, 6.45) is 3.80. The van der Waals surface area contributed by atoms with Crippen LogP contribution in [0.4, 0.5) is 0 Å². The molecule has 1 aromatic carbocycles. The molecular formula is C12H12ClN3. The van der Waals surface area contributed by atoms with E-state index in [0.717, 1.165) is 34.9 Å². The number of rotatable bonds is 2. The molecule has 3 nitrogen and oxygen atoms in total. The van der Waals surface area contributed by atoms with E-state index in [1.165, 1.54) is 0 Å². The standard InChI is InChI=1S/C12H12ClN3/c13-9-4-2-1-3-8(9)10-7-15-11(16-10)12(14)5-6-12/h1-4,7H,5-6,14H2,(H,15,16). The summed E-state index contributed by atoms with van der Waals surface area (Å²) < 4.78 is 0. The maximum Gasteiger partial charge on any atom is 0.126 e. The van der Waals surface area contributed by atoms with Gasteiger partial charge in [-0.25, -0.2) is 4.98 Å². The van der Waals surface area contributed by atoms with Crippen LogP contribution in [0, 0.1) is 0 Å². The molecule has 4 heteroatoms. The second kappa shape index (κ2) is 3.34. The summed E-state index contributed by atoms with van der Waals surface area (Å²) in [5, 5.41) is 0.722. The van der Waals surface area contributed by atoms with Crippen molar-refractivity contribution in [3.63, 3.8) is 0 Å². The fraction of sp³-hybridized carbons (Fsp3) is 0.250. The Labute approximate surface area is 98.6 Å². The molecule has 1 fully saturated rings. The Morgan fingerprint density at radius 1 is 1.31 bits per heavy atom. The maximum absolute atomic E-state index is 6.12. The smallest absolute Gasteiger partial charge is 0.126 e. The van der Waals surface area contributed by atoms with E-state index in [0.29, 0.717) is 0 Å². The van der Waals surface area contributed by atoms with E-state index in [-0.39, 0.29) is 5.54 Å². The second-order valence-corrected chi connectivity index (χ2v) is 4.69. The van der Waals surface area contributed by atoms with Crippen molar-refractivity contribution in [2.75, 3.05) is 0 Å². The Hall–Kier alpha value is -1.32. The number of nitrogens with zero attached hydrogens (tertiary/aromatic N) is 1. The van der Waals surface area contributed by atoms with Gasteiger partial charge in [0.25, 0.3) is 0 Å². The van der Waals surface area contributed by atoms with Gasteiger partial charge in [-0.2, -0.15) is 0 Å². The van der Waals surface area contributed by atoms with Gasteiger partial charge >= 0.3 is 0 Å². The number of nitrogens with two attached hydrogens (primary N) is 1. The summed E-state index contributed by atoms with van der Waals surface area (Å²) in [6.45, 7) is 0. The Bertz CT molecular complexity index is 529. The van der Waals surface area contributed by atoms with Crippen LogP contribution >= 0.6 is 11.6 Å². The Morgan fingerprint density at radius 2 is 2.06 bits per heavy atom. The van der Waals surface area contributed by atoms with E-state index in [2.05, 4.69) is 9.97 Å². The van der Waals surface area contributed by atoms with Crippen LogP contribution in [0.25, 0.3) is 11.3 Å². The molecule has 0 aliphatic heterocycles. The molecule has 0 bridgehead atoms. The van der Waals surface area contributed by atoms with E-state index in [9.17, 15) is 0 Å². The third-order valence-electron chi connectivity index (χ3n) is 3.00. The molecule has 1 aromatic heterocycles. The average molecular weight is 234 g/mol. The molecule has 0 amide bonds. The number of imidazole rings is 1. The molecule has 0 unspecified atom stereocenters. The average Bonchev–Trinajstić information content (AvgIpc) is 2.84. The molecule has 0 radical (unpaired) electrons. The Kier molecular flexibility index (Phi) is 2.06. The predicted molar refractivity (Wildman–Crippen MR) is 64.1 cm³/mol. The normalized spacial score (nSPS) is 17.4. The van der Waals surface area contributed by atoms with E-state index >= 15 is 0 Å². The van der Waals surface area contributed by atoms with Crippen LogP contribution in [0.3, 0.4) is 0 Å². The van der Waals surface area contributed by atoms with Crippen molar-refractivity contribution in [3.8, 4) is 11.3 Å². The van der Waals surface area contributed by atoms with Gasteiger partial charge in [0.05, 0.1) is 17.4 Å². The van der Waals surface area contributed by atoms with Gasteiger partial charge in [-0.05, 0) is 18.9 Å². The molecular weight excluding hydrogens is 222 g/mol. The summed E-state index contributed by atoms with van der Waals surface area (Å²) in [4.78, 5) is 7.58. The molecule has 82 valence electrons. The van der Waals surface area contributed by atoms with Crippen molar-refractivity contribution < 1.29 is 0 Å². The zero-order chi connectivity index (χ0) is 11.2. The van der Waals surface area contributed by atoms with E-state index in [1.54, 1.807) is 6.20 Å². The first kappa shape index (κ1) is 9.87. The summed E-state index contributed by atoms with van der Waals surface area (Å²) in [7, 11) is 0. The summed E-state index contributed by atoms with van der Waals surface area (Å²) >= 11 is 6.12.